The minimum Gasteiger partial charge on any atom is -0.310 e. The van der Waals surface area contributed by atoms with Gasteiger partial charge in [0.15, 0.2) is 0 Å². The molecule has 2 heterocycles. The van der Waals surface area contributed by atoms with E-state index in [1.807, 2.05) is 12.3 Å². The molecule has 0 aliphatic rings. The van der Waals surface area contributed by atoms with Crippen LogP contribution < -0.4 is 5.56 Å². The number of halogens is 1. The van der Waals surface area contributed by atoms with Crippen LogP contribution >= 0.6 is 22.9 Å². The molecule has 0 saturated carbocycles. The highest BCUT2D eigenvalue weighted by Gasteiger charge is 2.04. The Hall–Kier alpha value is -1.20. The maximum absolute atomic E-state index is 11.3. The van der Waals surface area contributed by atoms with Crippen LogP contribution in [0.25, 0.3) is 0 Å². The summed E-state index contributed by atoms with van der Waals surface area (Å²) in [7, 11) is 0. The number of H-pyrrole nitrogens is 1. The number of nitrogens with zero attached hydrogens (tertiary/aromatic N) is 2. The van der Waals surface area contributed by atoms with Crippen molar-refractivity contribution >= 4 is 22.9 Å². The number of thiazole rings is 1. The molecule has 0 unspecified atom stereocenters. The number of hydrogen-bond acceptors (Lipinski definition) is 4. The van der Waals surface area contributed by atoms with Crippen LogP contribution in [-0.2, 0) is 12.3 Å². The lowest BCUT2D eigenvalue weighted by atomic mass is 10.3. The van der Waals surface area contributed by atoms with Crippen LogP contribution in [0.3, 0.4) is 0 Å². The summed E-state index contributed by atoms with van der Waals surface area (Å²) >= 11 is 7.23. The third-order valence-electron chi connectivity index (χ3n) is 2.00. The zero-order chi connectivity index (χ0) is 11.5. The molecule has 2 aromatic rings. The molecule has 0 aliphatic heterocycles. The summed E-state index contributed by atoms with van der Waals surface area (Å²) < 4.78 is 0. The Labute approximate surface area is 101 Å². The molecular weight excluding hydrogens is 246 g/mol. The molecule has 1 N–H and O–H groups in total. The lowest BCUT2D eigenvalue weighted by Crippen LogP contribution is -2.12. The van der Waals surface area contributed by atoms with Crippen molar-refractivity contribution < 1.29 is 0 Å². The molecule has 84 valence electrons. The van der Waals surface area contributed by atoms with Crippen LogP contribution in [0.2, 0.25) is 0 Å². The summed E-state index contributed by atoms with van der Waals surface area (Å²) in [5, 5.41) is 2.97. The highest BCUT2D eigenvalue weighted by atomic mass is 35.5. The zero-order valence-corrected chi connectivity index (χ0v) is 10.2. The summed E-state index contributed by atoms with van der Waals surface area (Å²) in [6, 6.07) is 1.41. The van der Waals surface area contributed by atoms with Crippen LogP contribution in [0, 0.1) is 6.92 Å². The van der Waals surface area contributed by atoms with Gasteiger partial charge in [-0.25, -0.2) is 9.97 Å². The Bertz CT molecular complexity index is 549. The lowest BCUT2D eigenvalue weighted by molar-refractivity contribution is 0.897. The van der Waals surface area contributed by atoms with E-state index in [4.69, 9.17) is 11.6 Å². The molecule has 0 fully saturated rings. The zero-order valence-electron chi connectivity index (χ0n) is 8.66. The van der Waals surface area contributed by atoms with Gasteiger partial charge >= 0.3 is 0 Å². The topological polar surface area (TPSA) is 58.6 Å². The smallest absolute Gasteiger partial charge is 0.251 e. The van der Waals surface area contributed by atoms with Gasteiger partial charge in [-0.1, -0.05) is 0 Å². The quantitative estimate of drug-likeness (QED) is 0.852. The van der Waals surface area contributed by atoms with Gasteiger partial charge in [0.25, 0.3) is 5.56 Å². The lowest BCUT2D eigenvalue weighted by Gasteiger charge is -1.99. The Morgan fingerprint density at radius 3 is 2.88 bits per heavy atom. The van der Waals surface area contributed by atoms with Crippen molar-refractivity contribution in [3.8, 4) is 0 Å². The van der Waals surface area contributed by atoms with Gasteiger partial charge in [-0.15, -0.1) is 22.9 Å². The summed E-state index contributed by atoms with van der Waals surface area (Å²) in [5.74, 6) is 0.848. The minimum absolute atomic E-state index is 0.174. The van der Waals surface area contributed by atoms with Crippen LogP contribution in [0.5, 0.6) is 0 Å². The third kappa shape index (κ3) is 2.68. The molecule has 0 spiro atoms. The highest BCUT2D eigenvalue weighted by Crippen LogP contribution is 2.10. The third-order valence-corrected chi connectivity index (χ3v) is 3.09. The van der Waals surface area contributed by atoms with Crippen molar-refractivity contribution in [1.82, 2.24) is 15.0 Å². The second-order valence-electron chi connectivity index (χ2n) is 3.35. The molecule has 0 radical (unpaired) electrons. The monoisotopic (exact) mass is 255 g/mol. The molecule has 16 heavy (non-hydrogen) atoms. The molecule has 0 aromatic carbocycles. The molecule has 0 saturated heterocycles. The van der Waals surface area contributed by atoms with E-state index >= 15 is 0 Å². The molecule has 6 heteroatoms. The van der Waals surface area contributed by atoms with Crippen molar-refractivity contribution in [1.29, 1.82) is 0 Å². The summed E-state index contributed by atoms with van der Waals surface area (Å²) in [5.41, 5.74) is 1.33. The number of aryl methyl sites for hydroxylation is 1. The number of aromatic nitrogens is 3. The predicted molar refractivity (Wildman–Crippen MR) is 64.1 cm³/mol. The predicted octanol–water partition coefficient (Wildman–Crippen LogP) is 1.86. The summed E-state index contributed by atoms with van der Waals surface area (Å²) in [4.78, 5) is 22.5. The number of hydrogen-bond donors (Lipinski definition) is 1. The van der Waals surface area contributed by atoms with Gasteiger partial charge in [-0.2, -0.15) is 0 Å². The van der Waals surface area contributed by atoms with Crippen LogP contribution in [0.4, 0.5) is 0 Å². The SMILES string of the molecule is Cc1nc(Cc2nc(CCl)cc(=O)[nH]2)cs1. The second-order valence-corrected chi connectivity index (χ2v) is 4.68. The average molecular weight is 256 g/mol. The first kappa shape index (κ1) is 11.3. The van der Waals surface area contributed by atoms with Gasteiger partial charge in [-0.05, 0) is 6.92 Å². The molecule has 2 rings (SSSR count). The Balaban J connectivity index is 2.27. The minimum atomic E-state index is -0.174. The fourth-order valence-electron chi connectivity index (χ4n) is 1.38. The van der Waals surface area contributed by atoms with Gasteiger partial charge in [-0.3, -0.25) is 4.79 Å². The van der Waals surface area contributed by atoms with Gasteiger partial charge in [0.2, 0.25) is 0 Å². The molecule has 0 amide bonds. The highest BCUT2D eigenvalue weighted by molar-refractivity contribution is 7.09. The van der Waals surface area contributed by atoms with E-state index in [0.29, 0.717) is 17.9 Å². The number of rotatable bonds is 3. The van der Waals surface area contributed by atoms with E-state index in [0.717, 1.165) is 10.7 Å². The van der Waals surface area contributed by atoms with Crippen molar-refractivity contribution in [2.24, 2.45) is 0 Å². The standard InChI is InChI=1S/C10H10ClN3OS/c1-6-12-8(5-16-6)2-9-13-7(4-11)3-10(15)14-9/h3,5H,2,4H2,1H3,(H,13,14,15). The Morgan fingerprint density at radius 1 is 1.44 bits per heavy atom. The largest absolute Gasteiger partial charge is 0.310 e. The molecule has 0 aliphatic carbocycles. The van der Waals surface area contributed by atoms with E-state index < -0.39 is 0 Å². The first-order valence-electron chi connectivity index (χ1n) is 4.73. The van der Waals surface area contributed by atoms with Crippen LogP contribution in [-0.4, -0.2) is 15.0 Å². The van der Waals surface area contributed by atoms with E-state index in [-0.39, 0.29) is 11.4 Å². The molecule has 2 aromatic heterocycles. The van der Waals surface area contributed by atoms with Gasteiger partial charge in [0.1, 0.15) is 5.82 Å². The maximum Gasteiger partial charge on any atom is 0.251 e. The normalized spacial score (nSPS) is 10.6. The van der Waals surface area contributed by atoms with Crippen LogP contribution in [0.15, 0.2) is 16.2 Å². The Kier molecular flexibility index (Phi) is 3.36. The van der Waals surface area contributed by atoms with E-state index in [9.17, 15) is 4.79 Å². The second kappa shape index (κ2) is 4.76. The van der Waals surface area contributed by atoms with Crippen molar-refractivity contribution in [3.05, 3.63) is 44.0 Å². The fourth-order valence-corrected chi connectivity index (χ4v) is 2.13. The molecule has 4 nitrogen and oxygen atoms in total. The number of nitrogens with one attached hydrogen (secondary N) is 1. The van der Waals surface area contributed by atoms with Gasteiger partial charge in [0, 0.05) is 17.9 Å². The van der Waals surface area contributed by atoms with Crippen molar-refractivity contribution in [2.75, 3.05) is 0 Å². The number of alkyl halides is 1. The Morgan fingerprint density at radius 2 is 2.25 bits per heavy atom. The van der Waals surface area contributed by atoms with Crippen LogP contribution in [0.1, 0.15) is 22.2 Å². The first-order chi connectivity index (χ1) is 7.67. The van der Waals surface area contributed by atoms with Crippen molar-refractivity contribution in [3.63, 3.8) is 0 Å². The fraction of sp³-hybridized carbons (Fsp3) is 0.300. The summed E-state index contributed by atoms with van der Waals surface area (Å²) in [6.07, 6.45) is 0.532. The first-order valence-corrected chi connectivity index (χ1v) is 6.15. The van der Waals surface area contributed by atoms with Gasteiger partial charge < -0.3 is 4.98 Å². The molecule has 0 bridgehead atoms. The maximum atomic E-state index is 11.3. The molecular formula is C10H10ClN3OS. The number of aromatic amines is 1. The van der Waals surface area contributed by atoms with Gasteiger partial charge in [0.05, 0.1) is 22.3 Å². The summed E-state index contributed by atoms with van der Waals surface area (Å²) in [6.45, 7) is 1.94. The van der Waals surface area contributed by atoms with E-state index in [1.165, 1.54) is 6.07 Å². The van der Waals surface area contributed by atoms with E-state index in [2.05, 4.69) is 15.0 Å². The average Bonchev–Trinajstić information content (AvgIpc) is 2.63. The van der Waals surface area contributed by atoms with Crippen molar-refractivity contribution in [2.45, 2.75) is 19.2 Å². The van der Waals surface area contributed by atoms with E-state index in [1.54, 1.807) is 11.3 Å². The molecule has 0 atom stereocenters.